The zero-order valence-electron chi connectivity index (χ0n) is 14.3. The van der Waals surface area contributed by atoms with Gasteiger partial charge in [-0.25, -0.2) is 0 Å². The standard InChI is InChI=1S/C19H21N3O3/c1-13-8-9-16(10-14(13)2)19(25)20-12-18(24)22-21-17(23)11-15-6-4-3-5-7-15/h3-10H,11-12H2,1-2H3,(H,20,25)(H,21,23)(H,22,24). The second-order valence-corrected chi connectivity index (χ2v) is 5.74. The van der Waals surface area contributed by atoms with Gasteiger partial charge in [-0.1, -0.05) is 36.4 Å². The zero-order chi connectivity index (χ0) is 18.2. The molecule has 0 radical (unpaired) electrons. The van der Waals surface area contributed by atoms with E-state index in [1.807, 2.05) is 50.2 Å². The van der Waals surface area contributed by atoms with Gasteiger partial charge in [-0.3, -0.25) is 25.2 Å². The summed E-state index contributed by atoms with van der Waals surface area (Å²) in [6.07, 6.45) is 0.163. The quantitative estimate of drug-likeness (QED) is 0.720. The van der Waals surface area contributed by atoms with E-state index in [9.17, 15) is 14.4 Å². The molecule has 130 valence electrons. The van der Waals surface area contributed by atoms with Crippen molar-refractivity contribution in [1.29, 1.82) is 0 Å². The van der Waals surface area contributed by atoms with Gasteiger partial charge < -0.3 is 5.32 Å². The minimum absolute atomic E-state index is 0.163. The van der Waals surface area contributed by atoms with Crippen molar-refractivity contribution in [2.75, 3.05) is 6.54 Å². The van der Waals surface area contributed by atoms with Gasteiger partial charge >= 0.3 is 0 Å². The number of carbonyl (C=O) groups is 3. The highest BCUT2D eigenvalue weighted by Gasteiger charge is 2.10. The van der Waals surface area contributed by atoms with Crippen molar-refractivity contribution < 1.29 is 14.4 Å². The van der Waals surface area contributed by atoms with E-state index in [0.29, 0.717) is 5.56 Å². The molecular formula is C19H21N3O3. The van der Waals surface area contributed by atoms with Crippen LogP contribution >= 0.6 is 0 Å². The van der Waals surface area contributed by atoms with Crippen LogP contribution in [0.4, 0.5) is 0 Å². The number of rotatable bonds is 5. The van der Waals surface area contributed by atoms with Crippen molar-refractivity contribution in [2.45, 2.75) is 20.3 Å². The summed E-state index contributed by atoms with van der Waals surface area (Å²) in [4.78, 5) is 35.5. The second kappa shape index (κ2) is 8.63. The summed E-state index contributed by atoms with van der Waals surface area (Å²) in [5, 5.41) is 2.52. The van der Waals surface area contributed by atoms with Crippen LogP contribution in [0.3, 0.4) is 0 Å². The van der Waals surface area contributed by atoms with Crippen LogP contribution in [0, 0.1) is 13.8 Å². The Bertz CT molecular complexity index is 773. The van der Waals surface area contributed by atoms with Crippen LogP contribution in [0.2, 0.25) is 0 Å². The van der Waals surface area contributed by atoms with Crippen LogP contribution in [-0.4, -0.2) is 24.3 Å². The van der Waals surface area contributed by atoms with Crippen LogP contribution in [0.25, 0.3) is 0 Å². The number of hydrogen-bond donors (Lipinski definition) is 3. The molecule has 0 saturated heterocycles. The summed E-state index contributed by atoms with van der Waals surface area (Å²) in [5.41, 5.74) is 8.03. The first-order valence-corrected chi connectivity index (χ1v) is 7.93. The predicted octanol–water partition coefficient (Wildman–Crippen LogP) is 1.42. The molecule has 25 heavy (non-hydrogen) atoms. The van der Waals surface area contributed by atoms with E-state index >= 15 is 0 Å². The van der Waals surface area contributed by atoms with Gasteiger partial charge in [0.2, 0.25) is 5.91 Å². The number of hydrogen-bond acceptors (Lipinski definition) is 3. The monoisotopic (exact) mass is 339 g/mol. The van der Waals surface area contributed by atoms with E-state index in [-0.39, 0.29) is 24.8 Å². The molecule has 3 N–H and O–H groups in total. The third-order valence-electron chi connectivity index (χ3n) is 3.73. The molecule has 6 heteroatoms. The minimum Gasteiger partial charge on any atom is -0.343 e. The first-order valence-electron chi connectivity index (χ1n) is 7.93. The Morgan fingerprint density at radius 1 is 0.840 bits per heavy atom. The van der Waals surface area contributed by atoms with Crippen LogP contribution < -0.4 is 16.2 Å². The van der Waals surface area contributed by atoms with Crippen molar-refractivity contribution in [3.8, 4) is 0 Å². The molecule has 2 aromatic rings. The molecule has 0 bridgehead atoms. The molecule has 0 unspecified atom stereocenters. The Hall–Kier alpha value is -3.15. The normalized spacial score (nSPS) is 10.0. The Kier molecular flexibility index (Phi) is 6.28. The molecule has 3 amide bonds. The van der Waals surface area contributed by atoms with E-state index in [1.165, 1.54) is 0 Å². The third kappa shape index (κ3) is 5.76. The average Bonchev–Trinajstić information content (AvgIpc) is 2.61. The second-order valence-electron chi connectivity index (χ2n) is 5.74. The molecule has 0 aliphatic heterocycles. The molecule has 0 aromatic heterocycles. The molecular weight excluding hydrogens is 318 g/mol. The third-order valence-corrected chi connectivity index (χ3v) is 3.73. The zero-order valence-corrected chi connectivity index (χ0v) is 14.3. The molecule has 0 heterocycles. The molecule has 6 nitrogen and oxygen atoms in total. The Morgan fingerprint density at radius 2 is 1.52 bits per heavy atom. The predicted molar refractivity (Wildman–Crippen MR) is 94.7 cm³/mol. The van der Waals surface area contributed by atoms with Crippen molar-refractivity contribution in [3.63, 3.8) is 0 Å². The van der Waals surface area contributed by atoms with Crippen molar-refractivity contribution in [3.05, 3.63) is 70.8 Å². The van der Waals surface area contributed by atoms with Crippen LogP contribution in [0.5, 0.6) is 0 Å². The van der Waals surface area contributed by atoms with E-state index in [4.69, 9.17) is 0 Å². The number of aryl methyl sites for hydroxylation is 2. The molecule has 2 aromatic carbocycles. The fourth-order valence-corrected chi connectivity index (χ4v) is 2.15. The number of nitrogens with one attached hydrogen (secondary N) is 3. The Balaban J connectivity index is 1.74. The first kappa shape index (κ1) is 18.2. The van der Waals surface area contributed by atoms with Gasteiger partial charge in [0, 0.05) is 5.56 Å². The maximum absolute atomic E-state index is 12.0. The van der Waals surface area contributed by atoms with E-state index in [1.54, 1.807) is 12.1 Å². The van der Waals surface area contributed by atoms with Crippen LogP contribution in [0.15, 0.2) is 48.5 Å². The maximum atomic E-state index is 12.0. The lowest BCUT2D eigenvalue weighted by molar-refractivity contribution is -0.128. The fourth-order valence-electron chi connectivity index (χ4n) is 2.15. The molecule has 0 spiro atoms. The van der Waals surface area contributed by atoms with E-state index in [0.717, 1.165) is 16.7 Å². The number of amides is 3. The van der Waals surface area contributed by atoms with E-state index < -0.39 is 5.91 Å². The maximum Gasteiger partial charge on any atom is 0.257 e. The van der Waals surface area contributed by atoms with Gasteiger partial charge in [-0.2, -0.15) is 0 Å². The highest BCUT2D eigenvalue weighted by atomic mass is 16.2. The van der Waals surface area contributed by atoms with Gasteiger partial charge in [0.25, 0.3) is 11.8 Å². The highest BCUT2D eigenvalue weighted by Crippen LogP contribution is 2.09. The lowest BCUT2D eigenvalue weighted by Gasteiger charge is -2.09. The smallest absolute Gasteiger partial charge is 0.257 e. The summed E-state index contributed by atoms with van der Waals surface area (Å²) >= 11 is 0. The molecule has 0 atom stereocenters. The van der Waals surface area contributed by atoms with Crippen LogP contribution in [-0.2, 0) is 16.0 Å². The summed E-state index contributed by atoms with van der Waals surface area (Å²) in [6, 6.07) is 14.5. The number of carbonyl (C=O) groups excluding carboxylic acids is 3. The SMILES string of the molecule is Cc1ccc(C(=O)NCC(=O)NNC(=O)Cc2ccccc2)cc1C. The summed E-state index contributed by atoms with van der Waals surface area (Å²) in [5.74, 6) is -1.17. The molecule has 2 rings (SSSR count). The first-order chi connectivity index (χ1) is 12.0. The average molecular weight is 339 g/mol. The lowest BCUT2D eigenvalue weighted by Crippen LogP contribution is -2.46. The van der Waals surface area contributed by atoms with E-state index in [2.05, 4.69) is 16.2 Å². The van der Waals surface area contributed by atoms with Gasteiger partial charge in [0.15, 0.2) is 0 Å². The summed E-state index contributed by atoms with van der Waals surface area (Å²) in [6.45, 7) is 3.65. The molecule has 0 saturated carbocycles. The lowest BCUT2D eigenvalue weighted by atomic mass is 10.1. The Morgan fingerprint density at radius 3 is 2.20 bits per heavy atom. The fraction of sp³-hybridized carbons (Fsp3) is 0.211. The van der Waals surface area contributed by atoms with Gasteiger partial charge in [0.1, 0.15) is 0 Å². The molecule has 0 aliphatic carbocycles. The van der Waals surface area contributed by atoms with Crippen LogP contribution in [0.1, 0.15) is 27.0 Å². The van der Waals surface area contributed by atoms with Gasteiger partial charge in [-0.15, -0.1) is 0 Å². The number of benzene rings is 2. The topological polar surface area (TPSA) is 87.3 Å². The van der Waals surface area contributed by atoms with Crippen molar-refractivity contribution in [1.82, 2.24) is 16.2 Å². The largest absolute Gasteiger partial charge is 0.343 e. The Labute approximate surface area is 146 Å². The van der Waals surface area contributed by atoms with Crippen molar-refractivity contribution in [2.24, 2.45) is 0 Å². The summed E-state index contributed by atoms with van der Waals surface area (Å²) < 4.78 is 0. The van der Waals surface area contributed by atoms with Gasteiger partial charge in [0.05, 0.1) is 13.0 Å². The van der Waals surface area contributed by atoms with Gasteiger partial charge in [-0.05, 0) is 42.7 Å². The molecule has 0 aliphatic rings. The number of hydrazine groups is 1. The summed E-state index contributed by atoms with van der Waals surface area (Å²) in [7, 11) is 0. The highest BCUT2D eigenvalue weighted by molar-refractivity contribution is 5.96. The van der Waals surface area contributed by atoms with Crippen molar-refractivity contribution >= 4 is 17.7 Å². The molecule has 0 fully saturated rings. The minimum atomic E-state index is -0.501.